The largest absolute Gasteiger partial charge is 0.381 e. The molecule has 1 N–H and O–H groups in total. The van der Waals surface area contributed by atoms with Gasteiger partial charge in [-0.15, -0.1) is 0 Å². The summed E-state index contributed by atoms with van der Waals surface area (Å²) in [5, 5.41) is 12.8. The first kappa shape index (κ1) is 11.0. The van der Waals surface area contributed by atoms with Gasteiger partial charge in [0, 0.05) is 6.04 Å². The molecule has 2 nitrogen and oxygen atoms in total. The van der Waals surface area contributed by atoms with E-state index in [1.165, 1.54) is 0 Å². The van der Waals surface area contributed by atoms with E-state index in [2.05, 4.69) is 23.5 Å². The first-order valence-electron chi connectivity index (χ1n) is 5.41. The smallest absolute Gasteiger partial charge is 0.0992 e. The summed E-state index contributed by atoms with van der Waals surface area (Å²) in [7, 11) is 0. The Balaban J connectivity index is 2.10. The number of rotatable bonds is 2. The summed E-state index contributed by atoms with van der Waals surface area (Å²) in [4.78, 5) is 0. The molecule has 0 bridgehead atoms. The molecule has 1 aromatic rings. The van der Waals surface area contributed by atoms with Crippen LogP contribution in [0.2, 0.25) is 5.02 Å². The Labute approximate surface area is 101 Å². The maximum Gasteiger partial charge on any atom is 0.0992 e. The van der Waals surface area contributed by atoms with E-state index < -0.39 is 0 Å². The number of hydrogen-bond acceptors (Lipinski definition) is 2. The summed E-state index contributed by atoms with van der Waals surface area (Å²) in [5.74, 6) is 0. The Morgan fingerprint density at radius 3 is 2.88 bits per heavy atom. The zero-order chi connectivity index (χ0) is 11.4. The highest BCUT2D eigenvalue weighted by molar-refractivity contribution is 6.33. The predicted molar refractivity (Wildman–Crippen MR) is 66.6 cm³/mol. The van der Waals surface area contributed by atoms with E-state index in [1.807, 2.05) is 6.07 Å². The van der Waals surface area contributed by atoms with Crippen molar-refractivity contribution in [2.24, 2.45) is 0 Å². The van der Waals surface area contributed by atoms with Gasteiger partial charge >= 0.3 is 0 Å². The van der Waals surface area contributed by atoms with Crippen molar-refractivity contribution in [3.05, 3.63) is 40.9 Å². The van der Waals surface area contributed by atoms with Gasteiger partial charge in [0.05, 0.1) is 22.3 Å². The number of allylic oxidation sites excluding steroid dienone is 1. The van der Waals surface area contributed by atoms with Gasteiger partial charge in [-0.1, -0.05) is 23.8 Å². The first-order chi connectivity index (χ1) is 7.79. The minimum atomic E-state index is 0.454. The van der Waals surface area contributed by atoms with E-state index in [0.29, 0.717) is 16.6 Å². The minimum absolute atomic E-state index is 0.454. The van der Waals surface area contributed by atoms with E-state index >= 15 is 0 Å². The number of benzene rings is 1. The third kappa shape index (κ3) is 2.56. The molecule has 2 rings (SSSR count). The second-order valence-corrected chi connectivity index (χ2v) is 4.34. The van der Waals surface area contributed by atoms with Gasteiger partial charge < -0.3 is 5.32 Å². The second-order valence-electron chi connectivity index (χ2n) is 3.93. The number of nitrogens with one attached hydrogen (secondary N) is 1. The monoisotopic (exact) mass is 232 g/mol. The molecule has 1 aromatic carbocycles. The van der Waals surface area contributed by atoms with Crippen LogP contribution in [0.15, 0.2) is 30.4 Å². The van der Waals surface area contributed by atoms with Crippen LogP contribution in [-0.2, 0) is 0 Å². The molecule has 0 saturated carbocycles. The molecule has 0 aliphatic heterocycles. The third-order valence-electron chi connectivity index (χ3n) is 2.73. The molecule has 0 heterocycles. The highest BCUT2D eigenvalue weighted by atomic mass is 35.5. The highest BCUT2D eigenvalue weighted by Crippen LogP contribution is 2.25. The minimum Gasteiger partial charge on any atom is -0.381 e. The molecule has 0 aromatic heterocycles. The topological polar surface area (TPSA) is 35.8 Å². The summed E-state index contributed by atoms with van der Waals surface area (Å²) in [5.41, 5.74) is 1.51. The molecule has 0 amide bonds. The summed E-state index contributed by atoms with van der Waals surface area (Å²) in [6.45, 7) is 0. The Hall–Kier alpha value is -1.46. The van der Waals surface area contributed by atoms with Crippen molar-refractivity contribution in [1.29, 1.82) is 5.26 Å². The molecule has 1 aliphatic rings. The summed E-state index contributed by atoms with van der Waals surface area (Å²) >= 11 is 6.10. The lowest BCUT2D eigenvalue weighted by molar-refractivity contribution is 0.645. The molecule has 3 heteroatoms. The fourth-order valence-electron chi connectivity index (χ4n) is 1.85. The van der Waals surface area contributed by atoms with Crippen LogP contribution < -0.4 is 5.32 Å². The number of hydrogen-bond donors (Lipinski definition) is 1. The zero-order valence-electron chi connectivity index (χ0n) is 8.91. The maximum atomic E-state index is 8.74. The second kappa shape index (κ2) is 5.05. The van der Waals surface area contributed by atoms with Crippen molar-refractivity contribution in [2.45, 2.75) is 25.3 Å². The Bertz CT molecular complexity index is 446. The Morgan fingerprint density at radius 2 is 2.25 bits per heavy atom. The van der Waals surface area contributed by atoms with Gasteiger partial charge in [0.2, 0.25) is 0 Å². The first-order valence-corrected chi connectivity index (χ1v) is 5.78. The molecule has 1 unspecified atom stereocenters. The van der Waals surface area contributed by atoms with Crippen molar-refractivity contribution >= 4 is 17.3 Å². The average molecular weight is 233 g/mol. The van der Waals surface area contributed by atoms with Crippen LogP contribution in [0, 0.1) is 11.3 Å². The summed E-state index contributed by atoms with van der Waals surface area (Å²) in [6.07, 6.45) is 7.69. The van der Waals surface area contributed by atoms with E-state index in [4.69, 9.17) is 16.9 Å². The number of anilines is 1. The number of nitriles is 1. The van der Waals surface area contributed by atoms with Gasteiger partial charge in [-0.2, -0.15) is 5.26 Å². The molecule has 0 spiro atoms. The van der Waals surface area contributed by atoms with E-state index in [0.717, 1.165) is 24.9 Å². The van der Waals surface area contributed by atoms with Crippen molar-refractivity contribution in [2.75, 3.05) is 5.32 Å². The molecule has 1 atom stereocenters. The number of halogens is 1. The highest BCUT2D eigenvalue weighted by Gasteiger charge is 2.11. The molecule has 0 saturated heterocycles. The standard InChI is InChI=1S/C13H13ClN2/c14-12-8-10(9-15)6-7-13(12)16-11-4-2-1-3-5-11/h1-2,6-8,11,16H,3-5H2. The molecule has 1 aliphatic carbocycles. The van der Waals surface area contributed by atoms with Gasteiger partial charge in [0.25, 0.3) is 0 Å². The van der Waals surface area contributed by atoms with Gasteiger partial charge in [0.15, 0.2) is 0 Å². The molecule has 16 heavy (non-hydrogen) atoms. The molecular formula is C13H13ClN2. The molecule has 0 fully saturated rings. The maximum absolute atomic E-state index is 8.74. The lowest BCUT2D eigenvalue weighted by Gasteiger charge is -2.21. The van der Waals surface area contributed by atoms with Gasteiger partial charge in [0.1, 0.15) is 0 Å². The van der Waals surface area contributed by atoms with E-state index in [9.17, 15) is 0 Å². The van der Waals surface area contributed by atoms with Crippen LogP contribution in [0.3, 0.4) is 0 Å². The summed E-state index contributed by atoms with van der Waals surface area (Å²) < 4.78 is 0. The predicted octanol–water partition coefficient (Wildman–Crippen LogP) is 3.73. The van der Waals surface area contributed by atoms with Crippen LogP contribution in [0.25, 0.3) is 0 Å². The van der Waals surface area contributed by atoms with Crippen molar-refractivity contribution in [1.82, 2.24) is 0 Å². The van der Waals surface area contributed by atoms with Crippen LogP contribution in [0.5, 0.6) is 0 Å². The fourth-order valence-corrected chi connectivity index (χ4v) is 2.08. The van der Waals surface area contributed by atoms with Crippen LogP contribution in [0.1, 0.15) is 24.8 Å². The van der Waals surface area contributed by atoms with Crippen molar-refractivity contribution in [3.63, 3.8) is 0 Å². The van der Waals surface area contributed by atoms with Crippen molar-refractivity contribution < 1.29 is 0 Å². The normalized spacial score (nSPS) is 19.1. The Kier molecular flexibility index (Phi) is 3.48. The SMILES string of the molecule is N#Cc1ccc(NC2CC=CCC2)c(Cl)c1. The average Bonchev–Trinajstić information content (AvgIpc) is 2.33. The van der Waals surface area contributed by atoms with E-state index in [-0.39, 0.29) is 0 Å². The van der Waals surface area contributed by atoms with Gasteiger partial charge in [-0.25, -0.2) is 0 Å². The van der Waals surface area contributed by atoms with Gasteiger partial charge in [-0.3, -0.25) is 0 Å². The lowest BCUT2D eigenvalue weighted by Crippen LogP contribution is -2.20. The third-order valence-corrected chi connectivity index (χ3v) is 3.04. The Morgan fingerprint density at radius 1 is 1.38 bits per heavy atom. The van der Waals surface area contributed by atoms with Crippen LogP contribution in [0.4, 0.5) is 5.69 Å². The van der Waals surface area contributed by atoms with Gasteiger partial charge in [-0.05, 0) is 37.5 Å². The van der Waals surface area contributed by atoms with Crippen LogP contribution in [-0.4, -0.2) is 6.04 Å². The fraction of sp³-hybridized carbons (Fsp3) is 0.308. The van der Waals surface area contributed by atoms with E-state index in [1.54, 1.807) is 12.1 Å². The molecular weight excluding hydrogens is 220 g/mol. The molecule has 0 radical (unpaired) electrons. The lowest BCUT2D eigenvalue weighted by atomic mass is 10.0. The van der Waals surface area contributed by atoms with Crippen LogP contribution >= 0.6 is 11.6 Å². The van der Waals surface area contributed by atoms with Crippen molar-refractivity contribution in [3.8, 4) is 6.07 Å². The quantitative estimate of drug-likeness (QED) is 0.789. The zero-order valence-corrected chi connectivity index (χ0v) is 9.67. The number of nitrogens with zero attached hydrogens (tertiary/aromatic N) is 1. The molecule has 82 valence electrons. The summed E-state index contributed by atoms with van der Waals surface area (Å²) in [6, 6.07) is 7.89.